The van der Waals surface area contributed by atoms with Crippen molar-refractivity contribution < 1.29 is 19.1 Å². The topological polar surface area (TPSA) is 67.9 Å². The third kappa shape index (κ3) is 5.29. The van der Waals surface area contributed by atoms with Crippen LogP contribution in [0.15, 0.2) is 66.7 Å². The Bertz CT molecular complexity index is 1150. The summed E-state index contributed by atoms with van der Waals surface area (Å²) < 4.78 is 10.7. The molecular formula is C26H25ClN2O4. The van der Waals surface area contributed by atoms with E-state index in [1.54, 1.807) is 55.6 Å². The number of hydrogen-bond acceptors (Lipinski definition) is 4. The van der Waals surface area contributed by atoms with E-state index < -0.39 is 0 Å². The summed E-state index contributed by atoms with van der Waals surface area (Å²) in [5.41, 5.74) is 3.52. The number of anilines is 1. The monoisotopic (exact) mass is 464 g/mol. The standard InChI is InChI=1S/C26H25ClN2O4/c1-17-13-20-4-3-18(15-28-25(30)16-33-23-11-7-21(27)8-12-23)14-24(20)29(17)26(31)19-5-9-22(32-2)10-6-19/h3-12,14,17H,13,15-16H2,1-2H3,(H,28,30)/t17-/m1/s1. The average Bonchev–Trinajstić information content (AvgIpc) is 3.16. The van der Waals surface area contributed by atoms with Crippen LogP contribution in [0.4, 0.5) is 5.69 Å². The molecule has 2 amide bonds. The van der Waals surface area contributed by atoms with Gasteiger partial charge in [-0.2, -0.15) is 0 Å². The van der Waals surface area contributed by atoms with Gasteiger partial charge in [0, 0.05) is 28.9 Å². The molecule has 6 nitrogen and oxygen atoms in total. The molecule has 0 radical (unpaired) electrons. The summed E-state index contributed by atoms with van der Waals surface area (Å²) in [6.45, 7) is 2.29. The van der Waals surface area contributed by atoms with Crippen LogP contribution in [-0.2, 0) is 17.8 Å². The Morgan fingerprint density at radius 1 is 1.03 bits per heavy atom. The Kier molecular flexibility index (Phi) is 6.84. The zero-order valence-electron chi connectivity index (χ0n) is 18.5. The minimum Gasteiger partial charge on any atom is -0.497 e. The van der Waals surface area contributed by atoms with Crippen LogP contribution >= 0.6 is 11.6 Å². The lowest BCUT2D eigenvalue weighted by Gasteiger charge is -2.23. The van der Waals surface area contributed by atoms with Crippen molar-refractivity contribution in [1.82, 2.24) is 5.32 Å². The Morgan fingerprint density at radius 3 is 2.42 bits per heavy atom. The molecule has 33 heavy (non-hydrogen) atoms. The highest BCUT2D eigenvalue weighted by Gasteiger charge is 2.31. The van der Waals surface area contributed by atoms with E-state index in [0.717, 1.165) is 23.2 Å². The SMILES string of the molecule is COc1ccc(C(=O)N2c3cc(CNC(=O)COc4ccc(Cl)cc4)ccc3C[C@H]2C)cc1. The molecule has 170 valence electrons. The summed E-state index contributed by atoms with van der Waals surface area (Å²) in [6, 6.07) is 20.0. The van der Waals surface area contributed by atoms with Crippen LogP contribution < -0.4 is 19.7 Å². The second-order valence-electron chi connectivity index (χ2n) is 7.94. The van der Waals surface area contributed by atoms with E-state index in [9.17, 15) is 9.59 Å². The number of halogens is 1. The molecule has 4 rings (SSSR count). The summed E-state index contributed by atoms with van der Waals surface area (Å²) in [5.74, 6) is 1.000. The van der Waals surface area contributed by atoms with Crippen LogP contribution in [0, 0.1) is 0 Å². The summed E-state index contributed by atoms with van der Waals surface area (Å²) in [6.07, 6.45) is 0.790. The zero-order valence-corrected chi connectivity index (χ0v) is 19.3. The molecule has 0 saturated heterocycles. The highest BCUT2D eigenvalue weighted by molar-refractivity contribution is 6.30. The Balaban J connectivity index is 1.40. The highest BCUT2D eigenvalue weighted by Crippen LogP contribution is 2.34. The van der Waals surface area contributed by atoms with Gasteiger partial charge in [-0.25, -0.2) is 0 Å². The first-order chi connectivity index (χ1) is 15.9. The van der Waals surface area contributed by atoms with Gasteiger partial charge in [0.2, 0.25) is 0 Å². The molecule has 0 spiro atoms. The number of nitrogens with zero attached hydrogens (tertiary/aromatic N) is 1. The average molecular weight is 465 g/mol. The predicted molar refractivity (Wildman–Crippen MR) is 128 cm³/mol. The van der Waals surface area contributed by atoms with Gasteiger partial charge in [0.15, 0.2) is 6.61 Å². The van der Waals surface area contributed by atoms with Gasteiger partial charge in [0.05, 0.1) is 7.11 Å². The summed E-state index contributed by atoms with van der Waals surface area (Å²) in [4.78, 5) is 27.3. The van der Waals surface area contributed by atoms with Crippen LogP contribution in [-0.4, -0.2) is 31.6 Å². The van der Waals surface area contributed by atoms with E-state index in [1.807, 2.05) is 30.0 Å². The number of hydrogen-bond donors (Lipinski definition) is 1. The molecule has 1 heterocycles. The lowest BCUT2D eigenvalue weighted by molar-refractivity contribution is -0.123. The maximum Gasteiger partial charge on any atom is 0.258 e. The van der Waals surface area contributed by atoms with Gasteiger partial charge < -0.3 is 19.7 Å². The van der Waals surface area contributed by atoms with Crippen molar-refractivity contribution in [1.29, 1.82) is 0 Å². The molecule has 7 heteroatoms. The number of fused-ring (bicyclic) bond motifs is 1. The summed E-state index contributed by atoms with van der Waals surface area (Å²) in [7, 11) is 1.60. The molecule has 1 N–H and O–H groups in total. The number of nitrogens with one attached hydrogen (secondary N) is 1. The van der Waals surface area contributed by atoms with Crippen molar-refractivity contribution in [2.75, 3.05) is 18.6 Å². The molecule has 1 aliphatic rings. The van der Waals surface area contributed by atoms with Gasteiger partial charge in [-0.15, -0.1) is 0 Å². The number of carbonyl (C=O) groups excluding carboxylic acids is 2. The van der Waals surface area contributed by atoms with Crippen LogP contribution in [0.3, 0.4) is 0 Å². The van der Waals surface area contributed by atoms with Crippen LogP contribution in [0.1, 0.15) is 28.4 Å². The minimum absolute atomic E-state index is 0.0484. The molecule has 3 aromatic rings. The summed E-state index contributed by atoms with van der Waals surface area (Å²) in [5, 5.41) is 3.47. The molecular weight excluding hydrogens is 440 g/mol. The van der Waals surface area contributed by atoms with Crippen molar-refractivity contribution in [3.05, 3.63) is 88.4 Å². The molecule has 1 atom stereocenters. The molecule has 0 fully saturated rings. The third-order valence-electron chi connectivity index (χ3n) is 5.59. The lowest BCUT2D eigenvalue weighted by atomic mass is 10.1. The first kappa shape index (κ1) is 22.7. The predicted octanol–water partition coefficient (Wildman–Crippen LogP) is 4.64. The maximum absolute atomic E-state index is 13.2. The van der Waals surface area contributed by atoms with E-state index in [0.29, 0.717) is 28.6 Å². The van der Waals surface area contributed by atoms with Crippen LogP contribution in [0.25, 0.3) is 0 Å². The molecule has 0 saturated carbocycles. The zero-order chi connectivity index (χ0) is 23.4. The second-order valence-corrected chi connectivity index (χ2v) is 8.38. The molecule has 1 aliphatic heterocycles. The largest absolute Gasteiger partial charge is 0.497 e. The molecule has 0 aromatic heterocycles. The van der Waals surface area contributed by atoms with Gasteiger partial charge in [0.25, 0.3) is 11.8 Å². The lowest BCUT2D eigenvalue weighted by Crippen LogP contribution is -2.35. The molecule has 0 aliphatic carbocycles. The maximum atomic E-state index is 13.2. The summed E-state index contributed by atoms with van der Waals surface area (Å²) >= 11 is 5.85. The number of amides is 2. The van der Waals surface area contributed by atoms with Crippen molar-refractivity contribution in [2.24, 2.45) is 0 Å². The minimum atomic E-state index is -0.231. The number of methoxy groups -OCH3 is 1. The van der Waals surface area contributed by atoms with E-state index in [1.165, 1.54) is 0 Å². The number of benzene rings is 3. The fourth-order valence-corrected chi connectivity index (χ4v) is 4.00. The fourth-order valence-electron chi connectivity index (χ4n) is 3.88. The van der Waals surface area contributed by atoms with E-state index in [4.69, 9.17) is 21.1 Å². The van der Waals surface area contributed by atoms with E-state index >= 15 is 0 Å². The number of carbonyl (C=O) groups is 2. The van der Waals surface area contributed by atoms with Crippen molar-refractivity contribution in [3.63, 3.8) is 0 Å². The van der Waals surface area contributed by atoms with Gasteiger partial charge in [-0.3, -0.25) is 9.59 Å². The van der Waals surface area contributed by atoms with Gasteiger partial charge >= 0.3 is 0 Å². The van der Waals surface area contributed by atoms with Crippen molar-refractivity contribution >= 4 is 29.1 Å². The molecule has 0 bridgehead atoms. The van der Waals surface area contributed by atoms with Crippen LogP contribution in [0.2, 0.25) is 5.02 Å². The number of rotatable bonds is 7. The van der Waals surface area contributed by atoms with Gasteiger partial charge in [-0.1, -0.05) is 23.7 Å². The quantitative estimate of drug-likeness (QED) is 0.553. The Hall–Kier alpha value is -3.51. The first-order valence-corrected chi connectivity index (χ1v) is 11.1. The van der Waals surface area contributed by atoms with Crippen molar-refractivity contribution in [3.8, 4) is 11.5 Å². The van der Waals surface area contributed by atoms with Gasteiger partial charge in [-0.05, 0) is 79.1 Å². The fraction of sp³-hybridized carbons (Fsp3) is 0.231. The third-order valence-corrected chi connectivity index (χ3v) is 5.85. The highest BCUT2D eigenvalue weighted by atomic mass is 35.5. The van der Waals surface area contributed by atoms with Gasteiger partial charge in [0.1, 0.15) is 11.5 Å². The second kappa shape index (κ2) is 9.96. The molecule has 0 unspecified atom stereocenters. The Labute approximate surface area is 198 Å². The van der Waals surface area contributed by atoms with E-state index in [-0.39, 0.29) is 24.5 Å². The van der Waals surface area contributed by atoms with E-state index in [2.05, 4.69) is 5.32 Å². The Morgan fingerprint density at radius 2 is 1.73 bits per heavy atom. The molecule has 3 aromatic carbocycles. The first-order valence-electron chi connectivity index (χ1n) is 10.7. The van der Waals surface area contributed by atoms with Crippen molar-refractivity contribution in [2.45, 2.75) is 25.9 Å². The smallest absolute Gasteiger partial charge is 0.258 e. The number of ether oxygens (including phenoxy) is 2. The normalized spacial score (nSPS) is 14.5. The van der Waals surface area contributed by atoms with Crippen LogP contribution in [0.5, 0.6) is 11.5 Å².